The van der Waals surface area contributed by atoms with Crippen LogP contribution >= 0.6 is 34.8 Å². The Morgan fingerprint density at radius 3 is 2.29 bits per heavy atom. The van der Waals surface area contributed by atoms with Gasteiger partial charge in [0.15, 0.2) is 6.61 Å². The third-order valence-electron chi connectivity index (χ3n) is 3.68. The summed E-state index contributed by atoms with van der Waals surface area (Å²) >= 11 is 17.5. The van der Waals surface area contributed by atoms with E-state index in [4.69, 9.17) is 39.5 Å². The number of ether oxygens (including phenoxy) is 1. The van der Waals surface area contributed by atoms with Crippen LogP contribution in [0, 0.1) is 0 Å². The van der Waals surface area contributed by atoms with Gasteiger partial charge in [-0.25, -0.2) is 0 Å². The van der Waals surface area contributed by atoms with E-state index in [1.807, 2.05) is 0 Å². The van der Waals surface area contributed by atoms with E-state index < -0.39 is 30.9 Å². The zero-order valence-corrected chi connectivity index (χ0v) is 17.1. The van der Waals surface area contributed by atoms with Gasteiger partial charge in [-0.15, -0.1) is 0 Å². The van der Waals surface area contributed by atoms with Crippen LogP contribution in [0.4, 0.5) is 0 Å². The molecular formula is C19H17Cl3N2O4. The van der Waals surface area contributed by atoms with Gasteiger partial charge in [0, 0.05) is 10.0 Å². The molecule has 0 heterocycles. The third-order valence-corrected chi connectivity index (χ3v) is 4.48. The Hall–Kier alpha value is -2.28. The van der Waals surface area contributed by atoms with Crippen LogP contribution in [0.25, 0.3) is 0 Å². The number of benzene rings is 2. The number of carbonyl (C=O) groups excluding carboxylic acids is 3. The molecule has 2 amide bonds. The van der Waals surface area contributed by atoms with E-state index in [-0.39, 0.29) is 16.6 Å². The van der Waals surface area contributed by atoms with Crippen molar-refractivity contribution in [3.8, 4) is 0 Å². The Balaban J connectivity index is 1.74. The van der Waals surface area contributed by atoms with Crippen molar-refractivity contribution in [3.63, 3.8) is 0 Å². The predicted octanol–water partition coefficient (Wildman–Crippen LogP) is 3.80. The SMILES string of the molecule is CC(NC(=O)COC(=O)CNC(=O)c1ccc(Cl)cc1Cl)c1ccc(Cl)cc1. The number of amides is 2. The average Bonchev–Trinajstić information content (AvgIpc) is 2.65. The van der Waals surface area contributed by atoms with Gasteiger partial charge < -0.3 is 15.4 Å². The van der Waals surface area contributed by atoms with E-state index in [2.05, 4.69) is 10.6 Å². The summed E-state index contributed by atoms with van der Waals surface area (Å²) in [6.45, 7) is 0.922. The van der Waals surface area contributed by atoms with Gasteiger partial charge in [-0.3, -0.25) is 14.4 Å². The molecule has 0 fully saturated rings. The maximum Gasteiger partial charge on any atom is 0.325 e. The molecule has 2 rings (SSSR count). The standard InChI is InChI=1S/C19H17Cl3N2O4/c1-11(12-2-4-13(20)5-3-12)24-17(25)10-28-18(26)9-23-19(27)15-7-6-14(21)8-16(15)22/h2-8,11H,9-10H2,1H3,(H,23,27)(H,24,25). The molecule has 0 aliphatic carbocycles. The normalized spacial score (nSPS) is 11.4. The van der Waals surface area contributed by atoms with Crippen LogP contribution in [0.1, 0.15) is 28.9 Å². The molecule has 0 aliphatic rings. The molecule has 28 heavy (non-hydrogen) atoms. The van der Waals surface area contributed by atoms with Crippen LogP contribution in [0.2, 0.25) is 15.1 Å². The number of rotatable bonds is 7. The second kappa shape index (κ2) is 10.3. The third kappa shape index (κ3) is 6.71. The fourth-order valence-electron chi connectivity index (χ4n) is 2.24. The summed E-state index contributed by atoms with van der Waals surface area (Å²) in [7, 11) is 0. The van der Waals surface area contributed by atoms with Crippen molar-refractivity contribution in [2.45, 2.75) is 13.0 Å². The number of halogens is 3. The first-order chi connectivity index (χ1) is 13.3. The Labute approximate surface area is 177 Å². The Bertz CT molecular complexity index is 872. The maximum atomic E-state index is 12.0. The molecule has 0 radical (unpaired) electrons. The summed E-state index contributed by atoms with van der Waals surface area (Å²) in [5.74, 6) is -1.78. The molecule has 0 saturated carbocycles. The first-order valence-electron chi connectivity index (χ1n) is 8.20. The molecule has 2 aromatic rings. The zero-order valence-electron chi connectivity index (χ0n) is 14.8. The van der Waals surface area contributed by atoms with Gasteiger partial charge in [0.1, 0.15) is 6.54 Å². The van der Waals surface area contributed by atoms with Crippen molar-refractivity contribution in [1.29, 1.82) is 0 Å². The summed E-state index contributed by atoms with van der Waals surface area (Å²) < 4.78 is 4.85. The first-order valence-corrected chi connectivity index (χ1v) is 9.33. The highest BCUT2D eigenvalue weighted by Crippen LogP contribution is 2.20. The quantitative estimate of drug-likeness (QED) is 0.638. The van der Waals surface area contributed by atoms with Gasteiger partial charge in [0.2, 0.25) is 0 Å². The van der Waals surface area contributed by atoms with Gasteiger partial charge >= 0.3 is 5.97 Å². The minimum Gasteiger partial charge on any atom is -0.454 e. The lowest BCUT2D eigenvalue weighted by atomic mass is 10.1. The van der Waals surface area contributed by atoms with E-state index in [1.165, 1.54) is 18.2 Å². The molecule has 2 N–H and O–H groups in total. The van der Waals surface area contributed by atoms with Gasteiger partial charge in [-0.2, -0.15) is 0 Å². The van der Waals surface area contributed by atoms with Crippen LogP contribution < -0.4 is 10.6 Å². The topological polar surface area (TPSA) is 84.5 Å². The van der Waals surface area contributed by atoms with E-state index in [1.54, 1.807) is 31.2 Å². The van der Waals surface area contributed by atoms with Crippen LogP contribution in [-0.2, 0) is 14.3 Å². The van der Waals surface area contributed by atoms with E-state index >= 15 is 0 Å². The van der Waals surface area contributed by atoms with E-state index in [9.17, 15) is 14.4 Å². The molecule has 1 atom stereocenters. The fourth-order valence-corrected chi connectivity index (χ4v) is 2.86. The number of hydrogen-bond donors (Lipinski definition) is 2. The minimum atomic E-state index is -0.757. The summed E-state index contributed by atoms with van der Waals surface area (Å²) in [5.41, 5.74) is 1.03. The highest BCUT2D eigenvalue weighted by molar-refractivity contribution is 6.36. The summed E-state index contributed by atoms with van der Waals surface area (Å²) in [6.07, 6.45) is 0. The predicted molar refractivity (Wildman–Crippen MR) is 108 cm³/mol. The molecule has 0 aliphatic heterocycles. The second-order valence-corrected chi connectivity index (χ2v) is 7.09. The monoisotopic (exact) mass is 442 g/mol. The van der Waals surface area contributed by atoms with Crippen molar-refractivity contribution < 1.29 is 19.1 Å². The lowest BCUT2D eigenvalue weighted by molar-refractivity contribution is -0.147. The number of esters is 1. The molecule has 0 saturated heterocycles. The van der Waals surface area contributed by atoms with Crippen molar-refractivity contribution in [2.24, 2.45) is 0 Å². The molecule has 148 valence electrons. The van der Waals surface area contributed by atoms with Crippen LogP contribution in [0.3, 0.4) is 0 Å². The van der Waals surface area contributed by atoms with Gasteiger partial charge in [-0.1, -0.05) is 46.9 Å². The Kier molecular flexibility index (Phi) is 8.11. The first kappa shape index (κ1) is 22.0. The van der Waals surface area contributed by atoms with Crippen LogP contribution in [0.15, 0.2) is 42.5 Å². The van der Waals surface area contributed by atoms with Crippen molar-refractivity contribution >= 4 is 52.6 Å². The molecule has 6 nitrogen and oxygen atoms in total. The Morgan fingerprint density at radius 1 is 1.00 bits per heavy atom. The lowest BCUT2D eigenvalue weighted by Crippen LogP contribution is -2.34. The smallest absolute Gasteiger partial charge is 0.325 e. The molecule has 2 aromatic carbocycles. The fraction of sp³-hybridized carbons (Fsp3) is 0.211. The average molecular weight is 444 g/mol. The van der Waals surface area contributed by atoms with Crippen LogP contribution in [0.5, 0.6) is 0 Å². The highest BCUT2D eigenvalue weighted by Gasteiger charge is 2.15. The Morgan fingerprint density at radius 2 is 1.64 bits per heavy atom. The lowest BCUT2D eigenvalue weighted by Gasteiger charge is -2.14. The molecule has 9 heteroatoms. The van der Waals surface area contributed by atoms with E-state index in [0.29, 0.717) is 10.0 Å². The summed E-state index contributed by atoms with van der Waals surface area (Å²) in [6, 6.07) is 11.1. The molecule has 0 bridgehead atoms. The molecule has 1 unspecified atom stereocenters. The molecule has 0 aromatic heterocycles. The number of hydrogen-bond acceptors (Lipinski definition) is 4. The molecular weight excluding hydrogens is 427 g/mol. The summed E-state index contributed by atoms with van der Waals surface area (Å²) in [4.78, 5) is 35.6. The van der Waals surface area contributed by atoms with Crippen molar-refractivity contribution in [3.05, 3.63) is 68.7 Å². The number of carbonyl (C=O) groups is 3. The molecule has 0 spiro atoms. The van der Waals surface area contributed by atoms with Crippen molar-refractivity contribution in [1.82, 2.24) is 10.6 Å². The van der Waals surface area contributed by atoms with Gasteiger partial charge in [-0.05, 0) is 42.8 Å². The van der Waals surface area contributed by atoms with Gasteiger partial charge in [0.25, 0.3) is 11.8 Å². The van der Waals surface area contributed by atoms with E-state index in [0.717, 1.165) is 5.56 Å². The zero-order chi connectivity index (χ0) is 20.7. The number of nitrogens with one attached hydrogen (secondary N) is 2. The minimum absolute atomic E-state index is 0.161. The largest absolute Gasteiger partial charge is 0.454 e. The maximum absolute atomic E-state index is 12.0. The highest BCUT2D eigenvalue weighted by atomic mass is 35.5. The summed E-state index contributed by atoms with van der Waals surface area (Å²) in [5, 5.41) is 6.21. The van der Waals surface area contributed by atoms with Gasteiger partial charge in [0.05, 0.1) is 16.6 Å². The van der Waals surface area contributed by atoms with Crippen LogP contribution in [-0.4, -0.2) is 30.9 Å². The second-order valence-electron chi connectivity index (χ2n) is 5.81. The van der Waals surface area contributed by atoms with Crippen molar-refractivity contribution in [2.75, 3.05) is 13.2 Å².